The third-order valence-electron chi connectivity index (χ3n) is 4.14. The van der Waals surface area contributed by atoms with E-state index in [-0.39, 0.29) is 25.4 Å². The molecule has 3 amide bonds. The quantitative estimate of drug-likeness (QED) is 0.864. The van der Waals surface area contributed by atoms with Gasteiger partial charge in [-0.3, -0.25) is 0 Å². The molecule has 10 heteroatoms. The highest BCUT2D eigenvalue weighted by Crippen LogP contribution is 2.35. The Morgan fingerprint density at radius 3 is 2.26 bits per heavy atom. The summed E-state index contributed by atoms with van der Waals surface area (Å²) in [5, 5.41) is 2.55. The molecule has 1 aromatic carbocycles. The van der Waals surface area contributed by atoms with Crippen molar-refractivity contribution in [2.75, 3.05) is 57.1 Å². The van der Waals surface area contributed by atoms with Gasteiger partial charge in [0.25, 0.3) is 0 Å². The first-order chi connectivity index (χ1) is 12.6. The maximum atomic E-state index is 13.0. The predicted octanol–water partition coefficient (Wildman–Crippen LogP) is 3.08. The number of anilines is 2. The molecule has 0 radical (unpaired) electrons. The van der Waals surface area contributed by atoms with E-state index in [4.69, 9.17) is 4.74 Å². The molecule has 0 unspecified atom stereocenters. The van der Waals surface area contributed by atoms with E-state index in [0.717, 1.165) is 12.1 Å². The maximum Gasteiger partial charge on any atom is 0.416 e. The summed E-state index contributed by atoms with van der Waals surface area (Å²) in [5.74, 6) is 0. The first-order valence-electron chi connectivity index (χ1n) is 8.49. The van der Waals surface area contributed by atoms with Crippen molar-refractivity contribution in [1.29, 1.82) is 0 Å². The smallest absolute Gasteiger partial charge is 0.416 e. The third kappa shape index (κ3) is 5.18. The van der Waals surface area contributed by atoms with E-state index in [1.807, 2.05) is 0 Å². The van der Waals surface area contributed by atoms with Crippen LogP contribution in [-0.2, 0) is 10.9 Å². The number of carbonyl (C=O) groups excluding carboxylic acids is 2. The average molecular weight is 388 g/mol. The summed E-state index contributed by atoms with van der Waals surface area (Å²) < 4.78 is 43.9. The van der Waals surface area contributed by atoms with Gasteiger partial charge in [-0.1, -0.05) is 0 Å². The Hall–Kier alpha value is -2.65. The number of ether oxygens (including phenoxy) is 1. The molecule has 150 valence electrons. The van der Waals surface area contributed by atoms with Crippen LogP contribution in [0.5, 0.6) is 0 Å². The number of hydrogen-bond acceptors (Lipinski definition) is 4. The molecule has 7 nitrogen and oxygen atoms in total. The van der Waals surface area contributed by atoms with E-state index in [1.165, 1.54) is 15.9 Å². The van der Waals surface area contributed by atoms with Gasteiger partial charge >= 0.3 is 18.3 Å². The summed E-state index contributed by atoms with van der Waals surface area (Å²) in [6, 6.07) is 2.70. The molecular formula is C17H23F3N4O3. The number of halogens is 3. The van der Waals surface area contributed by atoms with Gasteiger partial charge in [0.1, 0.15) is 0 Å². The van der Waals surface area contributed by atoms with Crippen LogP contribution in [0, 0.1) is 0 Å². The largest absolute Gasteiger partial charge is 0.450 e. The van der Waals surface area contributed by atoms with Crippen LogP contribution in [0.2, 0.25) is 0 Å². The molecule has 1 aromatic rings. The Kier molecular flexibility index (Phi) is 6.40. The summed E-state index contributed by atoms with van der Waals surface area (Å²) in [7, 11) is 3.35. The number of nitrogens with one attached hydrogen (secondary N) is 1. The monoisotopic (exact) mass is 388 g/mol. The van der Waals surface area contributed by atoms with E-state index >= 15 is 0 Å². The summed E-state index contributed by atoms with van der Waals surface area (Å²) >= 11 is 0. The molecule has 0 aromatic heterocycles. The van der Waals surface area contributed by atoms with Gasteiger partial charge in [-0.15, -0.1) is 0 Å². The first-order valence-corrected chi connectivity index (χ1v) is 8.49. The van der Waals surface area contributed by atoms with Crippen molar-refractivity contribution in [2.24, 2.45) is 0 Å². The van der Waals surface area contributed by atoms with Crippen molar-refractivity contribution in [1.82, 2.24) is 9.80 Å². The van der Waals surface area contributed by atoms with Gasteiger partial charge < -0.3 is 24.8 Å². The molecule has 1 saturated heterocycles. The van der Waals surface area contributed by atoms with Crippen molar-refractivity contribution in [3.8, 4) is 0 Å². The zero-order valence-corrected chi connectivity index (χ0v) is 15.5. The molecule has 0 aliphatic carbocycles. The molecule has 0 atom stereocenters. The minimum absolute atomic E-state index is 0.0765. The first kappa shape index (κ1) is 20.7. The zero-order chi connectivity index (χ0) is 20.2. The van der Waals surface area contributed by atoms with Crippen molar-refractivity contribution in [3.63, 3.8) is 0 Å². The lowest BCUT2D eigenvalue weighted by molar-refractivity contribution is -0.137. The Bertz CT molecular complexity index is 686. The van der Waals surface area contributed by atoms with Crippen LogP contribution in [0.4, 0.5) is 34.1 Å². The fraction of sp³-hybridized carbons (Fsp3) is 0.529. The van der Waals surface area contributed by atoms with Gasteiger partial charge in [-0.05, 0) is 25.1 Å². The normalized spacial score (nSPS) is 14.7. The lowest BCUT2D eigenvalue weighted by Crippen LogP contribution is -2.51. The van der Waals surface area contributed by atoms with Crippen LogP contribution < -0.4 is 10.2 Å². The Morgan fingerprint density at radius 2 is 1.74 bits per heavy atom. The molecule has 1 fully saturated rings. The molecule has 1 aliphatic heterocycles. The maximum absolute atomic E-state index is 13.0. The van der Waals surface area contributed by atoms with Crippen LogP contribution in [0.1, 0.15) is 12.5 Å². The number of piperazine rings is 1. The molecule has 1 heterocycles. The number of amides is 3. The second-order valence-electron chi connectivity index (χ2n) is 6.23. The van der Waals surface area contributed by atoms with Crippen LogP contribution in [-0.4, -0.2) is 68.8 Å². The zero-order valence-electron chi connectivity index (χ0n) is 15.5. The molecule has 0 spiro atoms. The van der Waals surface area contributed by atoms with Gasteiger partial charge in [0.05, 0.1) is 23.5 Å². The SMILES string of the molecule is CCOC(=O)N1CCN(C(=O)Nc2cc(C(F)(F)F)ccc2N(C)C)CC1. The fourth-order valence-corrected chi connectivity index (χ4v) is 2.70. The van der Waals surface area contributed by atoms with Gasteiger partial charge in [0.15, 0.2) is 0 Å². The molecule has 27 heavy (non-hydrogen) atoms. The topological polar surface area (TPSA) is 65.1 Å². The Labute approximate surface area is 155 Å². The van der Waals surface area contributed by atoms with E-state index in [1.54, 1.807) is 25.9 Å². The Balaban J connectivity index is 2.08. The van der Waals surface area contributed by atoms with Crippen LogP contribution in [0.15, 0.2) is 18.2 Å². The van der Waals surface area contributed by atoms with Crippen molar-refractivity contribution >= 4 is 23.5 Å². The number of alkyl halides is 3. The van der Waals surface area contributed by atoms with E-state index in [2.05, 4.69) is 5.32 Å². The minimum atomic E-state index is -4.50. The van der Waals surface area contributed by atoms with Crippen molar-refractivity contribution in [2.45, 2.75) is 13.1 Å². The standard InChI is InChI=1S/C17H23F3N4O3/c1-4-27-16(26)24-9-7-23(8-10-24)15(25)21-13-11-12(17(18,19)20)5-6-14(13)22(2)3/h5-6,11H,4,7-10H2,1-3H3,(H,21,25). The number of rotatable bonds is 3. The molecule has 2 rings (SSSR count). The third-order valence-corrected chi connectivity index (χ3v) is 4.14. The van der Waals surface area contributed by atoms with Crippen molar-refractivity contribution < 1.29 is 27.5 Å². The summed E-state index contributed by atoms with van der Waals surface area (Å²) in [5.41, 5.74) is -0.301. The summed E-state index contributed by atoms with van der Waals surface area (Å²) in [6.45, 7) is 3.11. The molecule has 1 aliphatic rings. The van der Waals surface area contributed by atoms with Gasteiger partial charge in [-0.25, -0.2) is 9.59 Å². The van der Waals surface area contributed by atoms with Gasteiger partial charge in [0.2, 0.25) is 0 Å². The number of hydrogen-bond donors (Lipinski definition) is 1. The van der Waals surface area contributed by atoms with Gasteiger partial charge in [-0.2, -0.15) is 13.2 Å². The van der Waals surface area contributed by atoms with E-state index in [9.17, 15) is 22.8 Å². The molecule has 1 N–H and O–H groups in total. The lowest BCUT2D eigenvalue weighted by atomic mass is 10.1. The van der Waals surface area contributed by atoms with Crippen molar-refractivity contribution in [3.05, 3.63) is 23.8 Å². The predicted molar refractivity (Wildman–Crippen MR) is 95.0 cm³/mol. The average Bonchev–Trinajstić information content (AvgIpc) is 2.61. The van der Waals surface area contributed by atoms with E-state index in [0.29, 0.717) is 18.8 Å². The molecule has 0 bridgehead atoms. The fourth-order valence-electron chi connectivity index (χ4n) is 2.70. The van der Waals surface area contributed by atoms with Crippen LogP contribution in [0.3, 0.4) is 0 Å². The molecular weight excluding hydrogens is 365 g/mol. The highest BCUT2D eigenvalue weighted by atomic mass is 19.4. The Morgan fingerprint density at radius 1 is 1.15 bits per heavy atom. The van der Waals surface area contributed by atoms with Crippen LogP contribution >= 0.6 is 0 Å². The van der Waals surface area contributed by atoms with Gasteiger partial charge in [0, 0.05) is 40.3 Å². The molecule has 0 saturated carbocycles. The minimum Gasteiger partial charge on any atom is -0.450 e. The number of nitrogens with zero attached hydrogens (tertiary/aromatic N) is 3. The van der Waals surface area contributed by atoms with Crippen LogP contribution in [0.25, 0.3) is 0 Å². The lowest BCUT2D eigenvalue weighted by Gasteiger charge is -2.34. The summed E-state index contributed by atoms with van der Waals surface area (Å²) in [4.78, 5) is 28.7. The summed E-state index contributed by atoms with van der Waals surface area (Å²) in [6.07, 6.45) is -4.94. The number of benzene rings is 1. The number of urea groups is 1. The second kappa shape index (κ2) is 8.36. The number of carbonyl (C=O) groups is 2. The highest BCUT2D eigenvalue weighted by molar-refractivity contribution is 5.93. The second-order valence-corrected chi connectivity index (χ2v) is 6.23. The van der Waals surface area contributed by atoms with E-state index < -0.39 is 23.9 Å². The highest BCUT2D eigenvalue weighted by Gasteiger charge is 2.32.